The van der Waals surface area contributed by atoms with Gasteiger partial charge in [-0.25, -0.2) is 13.8 Å². The van der Waals surface area contributed by atoms with Crippen molar-refractivity contribution in [2.24, 2.45) is 4.99 Å². The fourth-order valence-corrected chi connectivity index (χ4v) is 2.28. The van der Waals surface area contributed by atoms with Gasteiger partial charge >= 0.3 is 0 Å². The van der Waals surface area contributed by atoms with Crippen LogP contribution in [-0.2, 0) is 0 Å². The molecule has 0 radical (unpaired) electrons. The van der Waals surface area contributed by atoms with Gasteiger partial charge in [0.1, 0.15) is 11.8 Å². The molecule has 1 N–H and O–H groups in total. The molecule has 6 heteroatoms. The third-order valence-corrected chi connectivity index (χ3v) is 3.48. The molecule has 3 rings (SSSR count). The molecule has 0 spiro atoms. The largest absolute Gasteiger partial charge is 0.505 e. The molecular weight excluding hydrogens is 324 g/mol. The SMILES string of the molecule is N#CC(=Nc1ccc(F)c(F)c1)c1ccnc(-c2ccccc2)c1O. The summed E-state index contributed by atoms with van der Waals surface area (Å²) in [6.07, 6.45) is 1.44. The van der Waals surface area contributed by atoms with Crippen molar-refractivity contribution in [2.75, 3.05) is 0 Å². The Hall–Kier alpha value is -3.59. The van der Waals surface area contributed by atoms with Crippen LogP contribution in [0.2, 0.25) is 0 Å². The van der Waals surface area contributed by atoms with Crippen molar-refractivity contribution in [3.8, 4) is 23.1 Å². The lowest BCUT2D eigenvalue weighted by Gasteiger charge is -2.08. The first-order valence-corrected chi connectivity index (χ1v) is 7.27. The second-order valence-electron chi connectivity index (χ2n) is 5.09. The van der Waals surface area contributed by atoms with Crippen LogP contribution in [-0.4, -0.2) is 15.8 Å². The molecule has 1 heterocycles. The van der Waals surface area contributed by atoms with Gasteiger partial charge in [0.05, 0.1) is 11.3 Å². The Morgan fingerprint density at radius 1 is 1.04 bits per heavy atom. The van der Waals surface area contributed by atoms with Crippen LogP contribution in [0.4, 0.5) is 14.5 Å². The zero-order chi connectivity index (χ0) is 17.8. The van der Waals surface area contributed by atoms with Gasteiger partial charge < -0.3 is 5.11 Å². The first-order valence-electron chi connectivity index (χ1n) is 7.27. The quantitative estimate of drug-likeness (QED) is 0.722. The van der Waals surface area contributed by atoms with E-state index in [1.165, 1.54) is 18.3 Å². The topological polar surface area (TPSA) is 69.3 Å². The summed E-state index contributed by atoms with van der Waals surface area (Å²) in [6.45, 7) is 0. The highest BCUT2D eigenvalue weighted by Gasteiger charge is 2.15. The van der Waals surface area contributed by atoms with E-state index in [0.29, 0.717) is 11.3 Å². The van der Waals surface area contributed by atoms with Crippen molar-refractivity contribution >= 4 is 11.4 Å². The third-order valence-electron chi connectivity index (χ3n) is 3.48. The van der Waals surface area contributed by atoms with Crippen LogP contribution in [0.15, 0.2) is 65.8 Å². The van der Waals surface area contributed by atoms with Crippen LogP contribution in [0.1, 0.15) is 5.56 Å². The Kier molecular flexibility index (Phi) is 4.48. The Morgan fingerprint density at radius 3 is 2.48 bits per heavy atom. The second kappa shape index (κ2) is 6.89. The number of aromatic hydroxyl groups is 1. The molecule has 0 saturated heterocycles. The fourth-order valence-electron chi connectivity index (χ4n) is 2.28. The highest BCUT2D eigenvalue weighted by atomic mass is 19.2. The number of halogens is 2. The summed E-state index contributed by atoms with van der Waals surface area (Å²) in [4.78, 5) is 8.14. The van der Waals surface area contributed by atoms with E-state index < -0.39 is 11.6 Å². The van der Waals surface area contributed by atoms with E-state index in [1.54, 1.807) is 24.3 Å². The molecule has 0 fully saturated rings. The maximum Gasteiger partial charge on any atom is 0.160 e. The maximum atomic E-state index is 13.3. The number of aromatic nitrogens is 1. The van der Waals surface area contributed by atoms with E-state index in [2.05, 4.69) is 9.98 Å². The average Bonchev–Trinajstić information content (AvgIpc) is 2.64. The monoisotopic (exact) mass is 335 g/mol. The molecule has 1 aromatic heterocycles. The number of benzene rings is 2. The van der Waals surface area contributed by atoms with Crippen LogP contribution in [0.25, 0.3) is 11.3 Å². The molecule has 0 aliphatic carbocycles. The number of nitriles is 1. The molecule has 0 aliphatic rings. The molecule has 25 heavy (non-hydrogen) atoms. The third kappa shape index (κ3) is 3.35. The van der Waals surface area contributed by atoms with Crippen LogP contribution < -0.4 is 0 Å². The van der Waals surface area contributed by atoms with Crippen LogP contribution in [0, 0.1) is 23.0 Å². The number of rotatable bonds is 3. The molecule has 0 unspecified atom stereocenters. The summed E-state index contributed by atoms with van der Waals surface area (Å²) in [5.41, 5.74) is 1.05. The number of hydrogen-bond donors (Lipinski definition) is 1. The van der Waals surface area contributed by atoms with Gasteiger partial charge in [-0.05, 0) is 18.2 Å². The molecule has 0 bridgehead atoms. The molecule has 0 amide bonds. The zero-order valence-corrected chi connectivity index (χ0v) is 12.8. The van der Waals surface area contributed by atoms with E-state index in [4.69, 9.17) is 0 Å². The van der Waals surface area contributed by atoms with Crippen LogP contribution in [0.3, 0.4) is 0 Å². The Bertz CT molecular complexity index is 995. The fraction of sp³-hybridized carbons (Fsp3) is 0. The van der Waals surface area contributed by atoms with Crippen molar-refractivity contribution in [3.63, 3.8) is 0 Å². The van der Waals surface area contributed by atoms with E-state index in [9.17, 15) is 19.1 Å². The van der Waals surface area contributed by atoms with Gasteiger partial charge in [-0.1, -0.05) is 30.3 Å². The molecule has 122 valence electrons. The summed E-state index contributed by atoms with van der Waals surface area (Å²) in [7, 11) is 0. The predicted molar refractivity (Wildman–Crippen MR) is 89.5 cm³/mol. The zero-order valence-electron chi connectivity index (χ0n) is 12.8. The Balaban J connectivity index is 2.09. The van der Waals surface area contributed by atoms with Crippen molar-refractivity contribution < 1.29 is 13.9 Å². The van der Waals surface area contributed by atoms with E-state index >= 15 is 0 Å². The van der Waals surface area contributed by atoms with Gasteiger partial charge in [-0.2, -0.15) is 5.26 Å². The first kappa shape index (κ1) is 16.3. The lowest BCUT2D eigenvalue weighted by Crippen LogP contribution is -2.00. The van der Waals surface area contributed by atoms with Gasteiger partial charge in [0.2, 0.25) is 0 Å². The molecule has 0 saturated carbocycles. The molecule has 0 aliphatic heterocycles. The van der Waals surface area contributed by atoms with Crippen molar-refractivity contribution in [1.29, 1.82) is 5.26 Å². The van der Waals surface area contributed by atoms with Gasteiger partial charge in [0.25, 0.3) is 0 Å². The highest BCUT2D eigenvalue weighted by Crippen LogP contribution is 2.31. The summed E-state index contributed by atoms with van der Waals surface area (Å²) < 4.78 is 26.3. The second-order valence-corrected chi connectivity index (χ2v) is 5.09. The smallest absolute Gasteiger partial charge is 0.160 e. The molecule has 2 aromatic carbocycles. The minimum Gasteiger partial charge on any atom is -0.505 e. The van der Waals surface area contributed by atoms with Gasteiger partial charge in [0, 0.05) is 17.8 Å². The number of nitrogens with zero attached hydrogens (tertiary/aromatic N) is 3. The average molecular weight is 335 g/mol. The summed E-state index contributed by atoms with van der Waals surface area (Å²) in [6, 6.07) is 15.3. The molecular formula is C19H11F2N3O. The number of aliphatic imine (C=N–C) groups is 1. The minimum absolute atomic E-state index is 0.0629. The van der Waals surface area contributed by atoms with Gasteiger partial charge in [0.15, 0.2) is 23.1 Å². The van der Waals surface area contributed by atoms with Gasteiger partial charge in [-0.3, -0.25) is 4.98 Å². The molecule has 4 nitrogen and oxygen atoms in total. The predicted octanol–water partition coefficient (Wildman–Crippen LogP) is 4.38. The van der Waals surface area contributed by atoms with Crippen LogP contribution in [0.5, 0.6) is 5.75 Å². The van der Waals surface area contributed by atoms with Crippen molar-refractivity contribution in [2.45, 2.75) is 0 Å². The molecule has 0 atom stereocenters. The standard InChI is InChI=1S/C19H11F2N3O/c20-15-7-6-13(10-16(15)21)24-17(11-22)14-8-9-23-18(19(14)25)12-4-2-1-3-5-12/h1-10,25H. The normalized spacial score (nSPS) is 11.2. The van der Waals surface area contributed by atoms with Gasteiger partial charge in [-0.15, -0.1) is 0 Å². The Morgan fingerprint density at radius 2 is 1.80 bits per heavy atom. The lowest BCUT2D eigenvalue weighted by molar-refractivity contribution is 0.474. The van der Waals surface area contributed by atoms with Crippen molar-refractivity contribution in [1.82, 2.24) is 4.98 Å². The summed E-state index contributed by atoms with van der Waals surface area (Å²) in [5.74, 6) is -2.28. The summed E-state index contributed by atoms with van der Waals surface area (Å²) >= 11 is 0. The van der Waals surface area contributed by atoms with Crippen molar-refractivity contribution in [3.05, 3.63) is 78.0 Å². The first-order chi connectivity index (χ1) is 12.1. The Labute approximate surface area is 142 Å². The minimum atomic E-state index is -1.07. The highest BCUT2D eigenvalue weighted by molar-refractivity contribution is 6.15. The maximum absolute atomic E-state index is 13.3. The number of hydrogen-bond acceptors (Lipinski definition) is 4. The number of pyridine rings is 1. The summed E-state index contributed by atoms with van der Waals surface area (Å²) in [5, 5.41) is 19.9. The van der Waals surface area contributed by atoms with Crippen LogP contribution >= 0.6 is 0 Å². The van der Waals surface area contributed by atoms with E-state index in [-0.39, 0.29) is 22.7 Å². The molecule has 3 aromatic rings. The lowest BCUT2D eigenvalue weighted by atomic mass is 10.0. The van der Waals surface area contributed by atoms with E-state index in [1.807, 2.05) is 12.1 Å². The van der Waals surface area contributed by atoms with E-state index in [0.717, 1.165) is 12.1 Å².